The van der Waals surface area contributed by atoms with E-state index in [9.17, 15) is 5.11 Å². The largest absolute Gasteiger partial charge is 0.507 e. The van der Waals surface area contributed by atoms with Crippen LogP contribution in [0.3, 0.4) is 0 Å². The summed E-state index contributed by atoms with van der Waals surface area (Å²) in [6.45, 7) is 10.6. The Labute approximate surface area is 130 Å². The lowest BCUT2D eigenvalue weighted by Gasteiger charge is -2.37. The van der Waals surface area contributed by atoms with Gasteiger partial charge in [-0.2, -0.15) is 0 Å². The zero-order valence-electron chi connectivity index (χ0n) is 12.6. The fourth-order valence-electron chi connectivity index (χ4n) is 2.90. The summed E-state index contributed by atoms with van der Waals surface area (Å²) in [4.78, 5) is 2.50. The van der Waals surface area contributed by atoms with Gasteiger partial charge in [-0.25, -0.2) is 0 Å². The first-order valence-corrected chi connectivity index (χ1v) is 8.22. The van der Waals surface area contributed by atoms with Crippen molar-refractivity contribution in [2.45, 2.75) is 33.2 Å². The maximum atomic E-state index is 10.5. The number of nitrogens with zero attached hydrogens (tertiary/aromatic N) is 1. The van der Waals surface area contributed by atoms with Gasteiger partial charge in [0.2, 0.25) is 0 Å². The second-order valence-electron chi connectivity index (χ2n) is 6.06. The van der Waals surface area contributed by atoms with Gasteiger partial charge in [0.05, 0.1) is 0 Å². The monoisotopic (exact) mass is 340 g/mol. The molecule has 1 saturated heterocycles. The average molecular weight is 341 g/mol. The van der Waals surface area contributed by atoms with Gasteiger partial charge in [-0.05, 0) is 30.9 Å². The van der Waals surface area contributed by atoms with E-state index in [1.165, 1.54) is 0 Å². The van der Waals surface area contributed by atoms with Gasteiger partial charge in [-0.3, -0.25) is 4.90 Å². The summed E-state index contributed by atoms with van der Waals surface area (Å²) in [5, 5.41) is 13.9. The number of phenolic OH excluding ortho intramolecular Hbond substituents is 1. The maximum Gasteiger partial charge on any atom is 0.124 e. The van der Waals surface area contributed by atoms with E-state index in [1.54, 1.807) is 0 Å². The van der Waals surface area contributed by atoms with Crippen molar-refractivity contribution >= 4 is 15.9 Å². The molecule has 0 amide bonds. The molecule has 0 aromatic heterocycles. The second kappa shape index (κ2) is 6.92. The third kappa shape index (κ3) is 3.54. The third-order valence-electron chi connectivity index (χ3n) is 3.99. The zero-order chi connectivity index (χ0) is 14.7. The molecule has 112 valence electrons. The highest BCUT2D eigenvalue weighted by molar-refractivity contribution is 9.10. The molecule has 3 nitrogen and oxygen atoms in total. The molecule has 1 fully saturated rings. The maximum absolute atomic E-state index is 10.5. The fraction of sp³-hybridized carbons (Fsp3) is 0.625. The Morgan fingerprint density at radius 2 is 1.95 bits per heavy atom. The number of phenols is 1. The van der Waals surface area contributed by atoms with Crippen molar-refractivity contribution in [1.29, 1.82) is 0 Å². The molecule has 0 bridgehead atoms. The number of aryl methyl sites for hydroxylation is 1. The number of rotatable bonds is 4. The molecule has 2 N–H and O–H groups in total. The number of hydrogen-bond donors (Lipinski definition) is 2. The molecule has 0 aliphatic carbocycles. The number of aromatic hydroxyl groups is 1. The Hall–Kier alpha value is -0.580. The molecule has 0 saturated carbocycles. The lowest BCUT2D eigenvalue weighted by atomic mass is 9.93. The first-order chi connectivity index (χ1) is 9.50. The van der Waals surface area contributed by atoms with Crippen LogP contribution >= 0.6 is 15.9 Å². The van der Waals surface area contributed by atoms with Crippen LogP contribution in [-0.2, 0) is 0 Å². The van der Waals surface area contributed by atoms with Crippen molar-refractivity contribution in [2.24, 2.45) is 5.92 Å². The molecule has 1 aliphatic heterocycles. The average Bonchev–Trinajstić information content (AvgIpc) is 2.43. The SMILES string of the molecule is Cc1ccc(Br)c([C@H](CC(C)C)N2CCNCC2)c1O. The van der Waals surface area contributed by atoms with Crippen LogP contribution in [0.5, 0.6) is 5.75 Å². The number of nitrogens with one attached hydrogen (secondary N) is 1. The summed E-state index contributed by atoms with van der Waals surface area (Å²) in [5.74, 6) is 1.05. The summed E-state index contributed by atoms with van der Waals surface area (Å²) in [6.07, 6.45) is 1.07. The van der Waals surface area contributed by atoms with Crippen LogP contribution in [0.25, 0.3) is 0 Å². The highest BCUT2D eigenvalue weighted by atomic mass is 79.9. The van der Waals surface area contributed by atoms with Gasteiger partial charge in [-0.1, -0.05) is 35.8 Å². The molecule has 1 heterocycles. The Kier molecular flexibility index (Phi) is 5.47. The molecular formula is C16H25BrN2O. The minimum absolute atomic E-state index is 0.284. The Morgan fingerprint density at radius 3 is 2.55 bits per heavy atom. The summed E-state index contributed by atoms with van der Waals surface area (Å²) in [6, 6.07) is 4.30. The van der Waals surface area contributed by atoms with Crippen LogP contribution in [0.4, 0.5) is 0 Å². The van der Waals surface area contributed by atoms with Crippen LogP contribution in [0.1, 0.15) is 37.4 Å². The Balaban J connectivity index is 2.37. The molecule has 20 heavy (non-hydrogen) atoms. The molecule has 0 unspecified atom stereocenters. The topological polar surface area (TPSA) is 35.5 Å². The highest BCUT2D eigenvalue weighted by Gasteiger charge is 2.27. The van der Waals surface area contributed by atoms with E-state index >= 15 is 0 Å². The molecule has 2 rings (SSSR count). The Bertz CT molecular complexity index is 456. The van der Waals surface area contributed by atoms with E-state index in [1.807, 2.05) is 13.0 Å². The number of piperazine rings is 1. The van der Waals surface area contributed by atoms with Crippen LogP contribution in [0.15, 0.2) is 16.6 Å². The third-order valence-corrected chi connectivity index (χ3v) is 4.68. The molecule has 1 aromatic carbocycles. The van der Waals surface area contributed by atoms with Gasteiger partial charge in [0.25, 0.3) is 0 Å². The summed E-state index contributed by atoms with van der Waals surface area (Å²) in [7, 11) is 0. The molecule has 4 heteroatoms. The van der Waals surface area contributed by atoms with Crippen LogP contribution < -0.4 is 5.32 Å². The minimum Gasteiger partial charge on any atom is -0.507 e. The number of benzene rings is 1. The van der Waals surface area contributed by atoms with Crippen molar-refractivity contribution in [2.75, 3.05) is 26.2 Å². The van der Waals surface area contributed by atoms with Crippen molar-refractivity contribution < 1.29 is 5.11 Å². The van der Waals surface area contributed by atoms with Crippen LogP contribution in [0.2, 0.25) is 0 Å². The van der Waals surface area contributed by atoms with Gasteiger partial charge >= 0.3 is 0 Å². The number of halogens is 1. The van der Waals surface area contributed by atoms with E-state index in [0.29, 0.717) is 11.7 Å². The van der Waals surface area contributed by atoms with E-state index < -0.39 is 0 Å². The first kappa shape index (κ1) is 15.8. The van der Waals surface area contributed by atoms with Crippen molar-refractivity contribution in [1.82, 2.24) is 10.2 Å². The van der Waals surface area contributed by atoms with Crippen LogP contribution in [0, 0.1) is 12.8 Å². The summed E-state index contributed by atoms with van der Waals surface area (Å²) < 4.78 is 1.02. The second-order valence-corrected chi connectivity index (χ2v) is 6.91. The van der Waals surface area contributed by atoms with Crippen molar-refractivity contribution in [3.05, 3.63) is 27.7 Å². The fourth-order valence-corrected chi connectivity index (χ4v) is 3.48. The molecule has 0 radical (unpaired) electrons. The molecule has 1 aromatic rings. The Morgan fingerprint density at radius 1 is 1.30 bits per heavy atom. The van der Waals surface area contributed by atoms with Crippen molar-refractivity contribution in [3.63, 3.8) is 0 Å². The quantitative estimate of drug-likeness (QED) is 0.880. The predicted molar refractivity (Wildman–Crippen MR) is 87.2 cm³/mol. The van der Waals surface area contributed by atoms with E-state index in [-0.39, 0.29) is 6.04 Å². The molecular weight excluding hydrogens is 316 g/mol. The van der Waals surface area contributed by atoms with Gasteiger partial charge in [0.15, 0.2) is 0 Å². The van der Waals surface area contributed by atoms with Crippen LogP contribution in [-0.4, -0.2) is 36.2 Å². The lowest BCUT2D eigenvalue weighted by Crippen LogP contribution is -2.45. The van der Waals surface area contributed by atoms with E-state index in [0.717, 1.165) is 48.2 Å². The van der Waals surface area contributed by atoms with E-state index in [2.05, 4.69) is 46.1 Å². The summed E-state index contributed by atoms with van der Waals surface area (Å²) in [5.41, 5.74) is 2.01. The highest BCUT2D eigenvalue weighted by Crippen LogP contribution is 2.40. The zero-order valence-corrected chi connectivity index (χ0v) is 14.2. The number of hydrogen-bond acceptors (Lipinski definition) is 3. The molecule has 1 atom stereocenters. The molecule has 1 aliphatic rings. The van der Waals surface area contributed by atoms with E-state index in [4.69, 9.17) is 0 Å². The minimum atomic E-state index is 0.284. The van der Waals surface area contributed by atoms with Gasteiger partial charge in [0, 0.05) is 42.3 Å². The smallest absolute Gasteiger partial charge is 0.124 e. The first-order valence-electron chi connectivity index (χ1n) is 7.43. The predicted octanol–water partition coefficient (Wildman–Crippen LogP) is 3.46. The van der Waals surface area contributed by atoms with Gasteiger partial charge in [-0.15, -0.1) is 0 Å². The van der Waals surface area contributed by atoms with Crippen molar-refractivity contribution in [3.8, 4) is 5.75 Å². The lowest BCUT2D eigenvalue weighted by molar-refractivity contribution is 0.151. The van der Waals surface area contributed by atoms with Gasteiger partial charge < -0.3 is 10.4 Å². The standard InChI is InChI=1S/C16H25BrN2O/c1-11(2)10-14(19-8-6-18-7-9-19)15-13(17)5-4-12(3)16(15)20/h4-5,11,14,18,20H,6-10H2,1-3H3/t14-/m0/s1. The van der Waals surface area contributed by atoms with Gasteiger partial charge in [0.1, 0.15) is 5.75 Å². The molecule has 0 spiro atoms. The normalized spacial score (nSPS) is 18.4. The summed E-state index contributed by atoms with van der Waals surface area (Å²) >= 11 is 3.64.